The van der Waals surface area contributed by atoms with Gasteiger partial charge in [-0.2, -0.15) is 0 Å². The topological polar surface area (TPSA) is 260 Å². The highest BCUT2D eigenvalue weighted by atomic mass is 16.6. The summed E-state index contributed by atoms with van der Waals surface area (Å²) in [6, 6.07) is 12.4. The Balaban J connectivity index is 2.08. The molecule has 18 nitrogen and oxygen atoms in total. The molecule has 0 spiro atoms. The number of hydrogen-bond donors (Lipinski definition) is 6. The molecule has 6 amide bonds. The first-order chi connectivity index (χ1) is 27.0. The molecule has 0 aliphatic heterocycles. The van der Waals surface area contributed by atoms with Crippen molar-refractivity contribution in [1.82, 2.24) is 26.6 Å². The first-order valence-electron chi connectivity index (χ1n) is 18.0. The van der Waals surface area contributed by atoms with Gasteiger partial charge in [-0.3, -0.25) is 28.8 Å². The molecule has 0 aliphatic carbocycles. The van der Waals surface area contributed by atoms with Crippen molar-refractivity contribution in [2.45, 2.75) is 89.9 Å². The molecule has 7 N–H and O–H groups in total. The summed E-state index contributed by atoms with van der Waals surface area (Å²) in [7, 11) is 0. The van der Waals surface area contributed by atoms with E-state index in [0.29, 0.717) is 0 Å². The largest absolute Gasteiger partial charge is 0.461 e. The summed E-state index contributed by atoms with van der Waals surface area (Å²) in [6.45, 7) is 8.44. The van der Waals surface area contributed by atoms with E-state index in [0.717, 1.165) is 11.1 Å². The predicted molar refractivity (Wildman–Crippen MR) is 204 cm³/mol. The Morgan fingerprint density at radius 3 is 1.95 bits per heavy atom. The minimum absolute atomic E-state index is 0.0165. The zero-order chi connectivity index (χ0) is 42.4. The van der Waals surface area contributed by atoms with E-state index in [9.17, 15) is 38.4 Å². The van der Waals surface area contributed by atoms with Crippen LogP contribution in [0.25, 0.3) is 0 Å². The van der Waals surface area contributed by atoms with E-state index in [-0.39, 0.29) is 39.3 Å². The van der Waals surface area contributed by atoms with Crippen LogP contribution >= 0.6 is 0 Å². The van der Waals surface area contributed by atoms with Crippen LogP contribution in [0.5, 0.6) is 0 Å². The SMILES string of the molecule is C=CCOC(=O)[C@H](CCC(=O)OCc1ccccc1)NC(=O)CNC(=O)[C@H](COCc1ccccc1)NC(=O)[C@H](C)NC(=O)[C@H](CC(N)=O)NC(=O)OC(C)(C)C. The number of nitrogens with two attached hydrogens (primary N) is 1. The smallest absolute Gasteiger partial charge is 0.408 e. The molecule has 0 aromatic heterocycles. The van der Waals surface area contributed by atoms with E-state index in [1.165, 1.54) is 13.0 Å². The molecule has 2 aromatic carbocycles. The van der Waals surface area contributed by atoms with E-state index >= 15 is 0 Å². The third kappa shape index (κ3) is 19.7. The lowest BCUT2D eigenvalue weighted by molar-refractivity contribution is -0.148. The van der Waals surface area contributed by atoms with Crippen LogP contribution in [0.2, 0.25) is 0 Å². The quantitative estimate of drug-likeness (QED) is 0.0519. The van der Waals surface area contributed by atoms with E-state index in [4.69, 9.17) is 24.7 Å². The van der Waals surface area contributed by atoms with Gasteiger partial charge in [-0.25, -0.2) is 9.59 Å². The lowest BCUT2D eigenvalue weighted by Gasteiger charge is -2.24. The van der Waals surface area contributed by atoms with Crippen molar-refractivity contribution in [3.8, 4) is 0 Å². The molecule has 57 heavy (non-hydrogen) atoms. The zero-order valence-electron chi connectivity index (χ0n) is 32.5. The second-order valence-electron chi connectivity index (χ2n) is 13.6. The van der Waals surface area contributed by atoms with Gasteiger partial charge in [-0.1, -0.05) is 73.3 Å². The van der Waals surface area contributed by atoms with Crippen LogP contribution in [0.3, 0.4) is 0 Å². The fraction of sp³-hybridized carbons (Fsp3) is 0.436. The molecule has 4 atom stereocenters. The Hall–Kier alpha value is -6.30. The fourth-order valence-electron chi connectivity index (χ4n) is 4.69. The summed E-state index contributed by atoms with van der Waals surface area (Å²) < 4.78 is 21.1. The van der Waals surface area contributed by atoms with Crippen molar-refractivity contribution >= 4 is 47.6 Å². The Bertz CT molecular complexity index is 1680. The molecule has 18 heteroatoms. The standard InChI is InChI=1S/C39H52N6O12/c1-6-19-55-37(52)28(17-18-33(48)56-23-27-15-11-8-12-16-27)43-32(47)21-41-35(50)30(24-54-22-26-13-9-7-10-14-26)44-34(49)25(2)42-36(51)29(20-31(40)46)45-38(53)57-39(3,4)5/h6-16,25,28-30H,1,17-24H2,2-5H3,(H2,40,46)(H,41,50)(H,42,51)(H,43,47)(H,44,49)(H,45,53)/t25-,28-,29-,30-/m0/s1. The molecule has 0 radical (unpaired) electrons. The van der Waals surface area contributed by atoms with Crippen LogP contribution in [0.15, 0.2) is 73.3 Å². The molecular formula is C39H52N6O12. The minimum Gasteiger partial charge on any atom is -0.461 e. The average Bonchev–Trinajstić information content (AvgIpc) is 3.15. The van der Waals surface area contributed by atoms with E-state index in [1.54, 1.807) is 75.4 Å². The molecule has 0 saturated heterocycles. The number of carbonyl (C=O) groups excluding carboxylic acids is 8. The molecule has 310 valence electrons. The van der Waals surface area contributed by atoms with Gasteiger partial charge in [-0.05, 0) is 45.2 Å². The van der Waals surface area contributed by atoms with Gasteiger partial charge >= 0.3 is 18.0 Å². The van der Waals surface area contributed by atoms with Crippen LogP contribution in [0, 0.1) is 0 Å². The second kappa shape index (κ2) is 24.3. The second-order valence-corrected chi connectivity index (χ2v) is 13.6. The van der Waals surface area contributed by atoms with Gasteiger partial charge in [0.15, 0.2) is 0 Å². The first-order valence-corrected chi connectivity index (χ1v) is 18.0. The zero-order valence-corrected chi connectivity index (χ0v) is 32.5. The van der Waals surface area contributed by atoms with Gasteiger partial charge in [0.1, 0.15) is 43.0 Å². The van der Waals surface area contributed by atoms with Crippen LogP contribution in [-0.2, 0) is 65.7 Å². The minimum atomic E-state index is -1.49. The molecule has 0 unspecified atom stereocenters. The lowest BCUT2D eigenvalue weighted by Crippen LogP contribution is -2.58. The number of benzene rings is 2. The van der Waals surface area contributed by atoms with Crippen LogP contribution in [0.1, 0.15) is 58.1 Å². The number of rotatable bonds is 23. The van der Waals surface area contributed by atoms with Crippen molar-refractivity contribution in [2.75, 3.05) is 19.8 Å². The number of amides is 6. The highest BCUT2D eigenvalue weighted by Gasteiger charge is 2.30. The monoisotopic (exact) mass is 796 g/mol. The number of alkyl carbamates (subject to hydrolysis) is 1. The van der Waals surface area contributed by atoms with Gasteiger partial charge in [-0.15, -0.1) is 0 Å². The maximum absolute atomic E-state index is 13.4. The number of nitrogens with one attached hydrogen (secondary N) is 5. The van der Waals surface area contributed by atoms with E-state index < -0.39 is 90.3 Å². The van der Waals surface area contributed by atoms with Gasteiger partial charge < -0.3 is 51.3 Å². The Morgan fingerprint density at radius 1 is 0.754 bits per heavy atom. The van der Waals surface area contributed by atoms with Crippen molar-refractivity contribution in [1.29, 1.82) is 0 Å². The maximum Gasteiger partial charge on any atom is 0.408 e. The van der Waals surface area contributed by atoms with Crippen molar-refractivity contribution in [3.63, 3.8) is 0 Å². The summed E-state index contributed by atoms with van der Waals surface area (Å²) in [5.74, 6) is -5.87. The van der Waals surface area contributed by atoms with Gasteiger partial charge in [0, 0.05) is 6.42 Å². The van der Waals surface area contributed by atoms with Crippen LogP contribution < -0.4 is 32.3 Å². The Labute approximate surface area is 330 Å². The third-order valence-electron chi connectivity index (χ3n) is 7.46. The number of primary amides is 1. The number of carbonyl (C=O) groups is 8. The Kier molecular flexibility index (Phi) is 19.9. The van der Waals surface area contributed by atoms with E-state index in [2.05, 4.69) is 33.2 Å². The van der Waals surface area contributed by atoms with E-state index in [1.807, 2.05) is 6.07 Å². The van der Waals surface area contributed by atoms with Gasteiger partial charge in [0.2, 0.25) is 29.5 Å². The molecule has 2 aromatic rings. The highest BCUT2D eigenvalue weighted by molar-refractivity contribution is 5.96. The summed E-state index contributed by atoms with van der Waals surface area (Å²) in [6.07, 6.45) is -0.697. The number of hydrogen-bond acceptors (Lipinski definition) is 12. The molecule has 0 bridgehead atoms. The summed E-state index contributed by atoms with van der Waals surface area (Å²) in [5.41, 5.74) is 5.87. The van der Waals surface area contributed by atoms with Crippen molar-refractivity contribution in [2.24, 2.45) is 5.73 Å². The normalized spacial score (nSPS) is 12.9. The fourth-order valence-corrected chi connectivity index (χ4v) is 4.69. The summed E-state index contributed by atoms with van der Waals surface area (Å²) in [4.78, 5) is 102. The molecular weight excluding hydrogens is 744 g/mol. The maximum atomic E-state index is 13.4. The van der Waals surface area contributed by atoms with Crippen LogP contribution in [-0.4, -0.2) is 97.1 Å². The van der Waals surface area contributed by atoms with Crippen molar-refractivity contribution in [3.05, 3.63) is 84.4 Å². The summed E-state index contributed by atoms with van der Waals surface area (Å²) in [5, 5.41) is 11.9. The molecule has 0 aliphatic rings. The third-order valence-corrected chi connectivity index (χ3v) is 7.46. The predicted octanol–water partition coefficient (Wildman–Crippen LogP) is 0.815. The van der Waals surface area contributed by atoms with Crippen LogP contribution in [0.4, 0.5) is 4.79 Å². The molecule has 0 saturated carbocycles. The van der Waals surface area contributed by atoms with Gasteiger partial charge in [0.05, 0.1) is 26.2 Å². The lowest BCUT2D eigenvalue weighted by atomic mass is 10.1. The average molecular weight is 797 g/mol. The molecule has 0 heterocycles. The number of esters is 2. The van der Waals surface area contributed by atoms with Crippen molar-refractivity contribution < 1.29 is 57.3 Å². The van der Waals surface area contributed by atoms with Gasteiger partial charge in [0.25, 0.3) is 0 Å². The number of ether oxygens (including phenoxy) is 4. The molecule has 2 rings (SSSR count). The highest BCUT2D eigenvalue weighted by Crippen LogP contribution is 2.09. The molecule has 0 fully saturated rings. The Morgan fingerprint density at radius 2 is 1.37 bits per heavy atom. The first kappa shape index (κ1) is 46.9. The summed E-state index contributed by atoms with van der Waals surface area (Å²) >= 11 is 0.